The molecule has 3 aliphatic rings. The minimum absolute atomic E-state index is 0.0128. The molecule has 2 fully saturated rings. The number of carbonyl (C=O) groups excluding carboxylic acids is 4. The van der Waals surface area contributed by atoms with Crippen molar-refractivity contribution in [1.29, 1.82) is 0 Å². The van der Waals surface area contributed by atoms with Crippen LogP contribution in [-0.2, 0) is 65.5 Å². The number of aryl methyl sites for hydroxylation is 1. The normalized spacial score (nSPS) is 16.3. The monoisotopic (exact) mass is 1300 g/mol. The zero-order chi connectivity index (χ0) is 66.0. The number of rotatable bonds is 29. The third kappa shape index (κ3) is 15.6. The van der Waals surface area contributed by atoms with Gasteiger partial charge in [0.15, 0.2) is 11.6 Å². The molecule has 7 heterocycles. The van der Waals surface area contributed by atoms with Crippen molar-refractivity contribution in [2.75, 3.05) is 84.9 Å². The van der Waals surface area contributed by atoms with Gasteiger partial charge in [-0.05, 0) is 98.5 Å². The molecule has 2 aromatic carbocycles. The molecule has 3 amide bonds. The average Bonchev–Trinajstić information content (AvgIpc) is 0.965. The summed E-state index contributed by atoms with van der Waals surface area (Å²) in [7, 11) is 3.28. The average molecular weight is 1300 g/mol. The van der Waals surface area contributed by atoms with E-state index in [0.29, 0.717) is 129 Å². The zero-order valence-corrected chi connectivity index (χ0v) is 54.4. The lowest BCUT2D eigenvalue weighted by atomic mass is 9.69. The standard InChI is InChI=1S/C67H83FN12O12S/c1-66(2,3)46-32-44-37-72-80(63(85)57(44)51(68)35-46)60-50(40-81)49(17-19-71-60)45-34-52(62(84)76(6)38-45)73-55-36-47-39-77(21-22-79(47)75-55)56(82)18-23-88-24-25-89-26-27-90-28-29-91-30-31-92-48-15-10-14-43(33-48)59(83)53-41-93-61(74-53)54-16-11-20-78(54)64(86)58(42-12-8-7-9-13-42)67(4,70-5)65(69)87/h10,14-15,17,19,32-38,41-42,54,58,70,81H,7-9,11-13,16,18,20-31,39-40H2,1-6H3,(H2,69,87)(H,73,75)/t54-,58+,67?/m0/s1. The van der Waals surface area contributed by atoms with Crippen LogP contribution in [0.3, 0.4) is 0 Å². The second kappa shape index (κ2) is 30.3. The molecule has 0 radical (unpaired) electrons. The third-order valence-electron chi connectivity index (χ3n) is 17.8. The van der Waals surface area contributed by atoms with E-state index < -0.39 is 35.3 Å². The fourth-order valence-corrected chi connectivity index (χ4v) is 13.5. The summed E-state index contributed by atoms with van der Waals surface area (Å²) in [5.74, 6) is -1.30. The van der Waals surface area contributed by atoms with E-state index >= 15 is 4.39 Å². The lowest BCUT2D eigenvalue weighted by Gasteiger charge is -2.42. The van der Waals surface area contributed by atoms with Crippen LogP contribution in [-0.4, -0.2) is 158 Å². The highest BCUT2D eigenvalue weighted by atomic mass is 32.1. The summed E-state index contributed by atoms with van der Waals surface area (Å²) in [6.45, 7) is 11.6. The maximum absolute atomic E-state index is 15.6. The molecule has 1 aliphatic carbocycles. The predicted molar refractivity (Wildman–Crippen MR) is 347 cm³/mol. The van der Waals surface area contributed by atoms with Gasteiger partial charge in [0.05, 0.1) is 108 Å². The number of aliphatic hydroxyl groups is 1. The van der Waals surface area contributed by atoms with E-state index in [1.54, 1.807) is 90.7 Å². The number of halogens is 1. The van der Waals surface area contributed by atoms with Crippen LogP contribution in [0.2, 0.25) is 0 Å². The highest BCUT2D eigenvalue weighted by Gasteiger charge is 2.50. The number of hydrogen-bond acceptors (Lipinski definition) is 19. The topological polar surface area (TPSA) is 292 Å². The number of pyridine rings is 2. The van der Waals surface area contributed by atoms with Crippen LogP contribution in [0.4, 0.5) is 15.9 Å². The first kappa shape index (κ1) is 67.8. The first-order chi connectivity index (χ1) is 44.8. The number of likely N-dealkylation sites (N-methyl/N-ethyl adjacent to an activating group) is 1. The van der Waals surface area contributed by atoms with E-state index in [4.69, 9.17) is 34.4 Å². The Morgan fingerprint density at radius 3 is 2.27 bits per heavy atom. The van der Waals surface area contributed by atoms with E-state index in [1.807, 2.05) is 25.7 Å². The quantitative estimate of drug-likeness (QED) is 0.0274. The molecule has 5 aromatic heterocycles. The minimum Gasteiger partial charge on any atom is -0.491 e. The van der Waals surface area contributed by atoms with Gasteiger partial charge in [0.1, 0.15) is 40.1 Å². The van der Waals surface area contributed by atoms with Crippen LogP contribution in [0.25, 0.3) is 27.7 Å². The number of ether oxygens (including phenoxy) is 5. The SMILES string of the molecule is CNC(C)(C(N)=O)[C@@H](C(=O)N1CCC[C@H]1c1nc(C(=O)c2cccc(OCCOCCOCCOCCOCCC(=O)N3CCn4nc(Nc5cc(-c6ccnc(-n7ncc8cc(C(C)(C)C)cc(F)c8c7=O)c6CO)cn(C)c5=O)cc4C3)c2)cs1)C1CCCCC1. The number of fused-ring (bicyclic) bond motifs is 2. The number of aliphatic hydroxyl groups excluding tert-OH is 1. The summed E-state index contributed by atoms with van der Waals surface area (Å²) >= 11 is 1.36. The summed E-state index contributed by atoms with van der Waals surface area (Å²) in [6, 6.07) is 14.8. The molecule has 0 spiro atoms. The molecule has 496 valence electrons. The predicted octanol–water partition coefficient (Wildman–Crippen LogP) is 6.90. The number of amides is 3. The molecular formula is C67H83FN12O12S. The maximum atomic E-state index is 15.6. The highest BCUT2D eigenvalue weighted by molar-refractivity contribution is 7.10. The number of primary amides is 1. The van der Waals surface area contributed by atoms with E-state index in [1.165, 1.54) is 34.4 Å². The molecule has 1 unspecified atom stereocenters. The number of carbonyl (C=O) groups is 4. The number of benzene rings is 2. The Balaban J connectivity index is 0.601. The Hall–Kier alpha value is -8.11. The van der Waals surface area contributed by atoms with E-state index in [-0.39, 0.29) is 82.6 Å². The zero-order valence-electron chi connectivity index (χ0n) is 53.6. The van der Waals surface area contributed by atoms with Gasteiger partial charge in [-0.3, -0.25) is 33.4 Å². The highest BCUT2D eigenvalue weighted by Crippen LogP contribution is 2.42. The molecule has 7 aromatic rings. The van der Waals surface area contributed by atoms with Gasteiger partial charge in [-0.15, -0.1) is 11.3 Å². The van der Waals surface area contributed by atoms with E-state index in [0.717, 1.165) is 48.9 Å². The maximum Gasteiger partial charge on any atom is 0.283 e. The van der Waals surface area contributed by atoms with Gasteiger partial charge in [-0.25, -0.2) is 14.4 Å². The molecular weight excluding hydrogens is 1220 g/mol. The second-order valence-electron chi connectivity index (χ2n) is 25.0. The van der Waals surface area contributed by atoms with Crippen LogP contribution >= 0.6 is 11.3 Å². The van der Waals surface area contributed by atoms with Gasteiger partial charge in [0.2, 0.25) is 23.5 Å². The Morgan fingerprint density at radius 2 is 1.57 bits per heavy atom. The number of anilines is 2. The van der Waals surface area contributed by atoms with Crippen molar-refractivity contribution in [1.82, 2.24) is 49.2 Å². The van der Waals surface area contributed by atoms with Crippen LogP contribution < -0.4 is 32.2 Å². The molecule has 10 rings (SSSR count). The fraction of sp³-hybridized carbons (Fsp3) is 0.493. The lowest BCUT2D eigenvalue weighted by molar-refractivity contribution is -0.147. The van der Waals surface area contributed by atoms with Crippen LogP contribution in [0.15, 0.2) is 88.2 Å². The summed E-state index contributed by atoms with van der Waals surface area (Å²) in [4.78, 5) is 94.4. The number of thiazole rings is 1. The van der Waals surface area contributed by atoms with Gasteiger partial charge in [0.25, 0.3) is 11.1 Å². The van der Waals surface area contributed by atoms with Crippen molar-refractivity contribution in [3.05, 3.63) is 138 Å². The number of likely N-dealkylation sites (tertiary alicyclic amines) is 1. The van der Waals surface area contributed by atoms with Crippen LogP contribution in [0.1, 0.15) is 123 Å². The molecule has 3 atom stereocenters. The molecule has 0 bridgehead atoms. The van der Waals surface area contributed by atoms with Crippen molar-refractivity contribution in [3.63, 3.8) is 0 Å². The fourth-order valence-electron chi connectivity index (χ4n) is 12.5. The van der Waals surface area contributed by atoms with Crippen molar-refractivity contribution in [3.8, 4) is 22.7 Å². The smallest absolute Gasteiger partial charge is 0.283 e. The molecule has 1 saturated carbocycles. The molecule has 24 nitrogen and oxygen atoms in total. The summed E-state index contributed by atoms with van der Waals surface area (Å²) in [5, 5.41) is 28.6. The van der Waals surface area contributed by atoms with Gasteiger partial charge < -0.3 is 59.5 Å². The van der Waals surface area contributed by atoms with Crippen molar-refractivity contribution < 1.29 is 52.4 Å². The molecule has 26 heteroatoms. The number of hydrogen-bond donors (Lipinski definition) is 4. The number of ketones is 1. The van der Waals surface area contributed by atoms with Crippen molar-refractivity contribution in [2.45, 2.75) is 116 Å². The van der Waals surface area contributed by atoms with Gasteiger partial charge in [-0.2, -0.15) is 14.9 Å². The summed E-state index contributed by atoms with van der Waals surface area (Å²) in [6.07, 6.45) is 11.0. The Kier molecular flexibility index (Phi) is 22.1. The van der Waals surface area contributed by atoms with Gasteiger partial charge >= 0.3 is 0 Å². The first-order valence-corrected chi connectivity index (χ1v) is 32.6. The number of nitrogens with two attached hydrogens (primary N) is 1. The number of aromatic nitrogens is 7. The minimum atomic E-state index is -1.20. The van der Waals surface area contributed by atoms with E-state index in [9.17, 15) is 33.9 Å². The Bertz CT molecular complexity index is 3950. The summed E-state index contributed by atoms with van der Waals surface area (Å²) in [5.41, 5.74) is 6.89. The Labute approximate surface area is 542 Å². The second-order valence-corrected chi connectivity index (χ2v) is 25.8. The van der Waals surface area contributed by atoms with Gasteiger partial charge in [0, 0.05) is 66.1 Å². The largest absolute Gasteiger partial charge is 0.491 e. The first-order valence-electron chi connectivity index (χ1n) is 31.7. The van der Waals surface area contributed by atoms with Crippen molar-refractivity contribution >= 4 is 57.1 Å². The molecule has 93 heavy (non-hydrogen) atoms. The Morgan fingerprint density at radius 1 is 0.849 bits per heavy atom. The molecule has 2 aliphatic heterocycles. The van der Waals surface area contributed by atoms with Gasteiger partial charge in [-0.1, -0.05) is 52.2 Å². The molecule has 1 saturated heterocycles. The summed E-state index contributed by atoms with van der Waals surface area (Å²) < 4.78 is 48.3. The van der Waals surface area contributed by atoms with Crippen LogP contribution in [0, 0.1) is 17.7 Å². The van der Waals surface area contributed by atoms with Crippen molar-refractivity contribution in [2.24, 2.45) is 24.6 Å². The molecule has 5 N–H and O–H groups in total. The van der Waals surface area contributed by atoms with Crippen LogP contribution in [0.5, 0.6) is 5.75 Å². The lowest BCUT2D eigenvalue weighted by Crippen LogP contribution is -2.63. The number of nitrogens with one attached hydrogen (secondary N) is 2. The van der Waals surface area contributed by atoms with E-state index in [2.05, 4.69) is 25.8 Å². The third-order valence-corrected chi connectivity index (χ3v) is 18.7. The number of nitrogens with zero attached hydrogens (tertiary/aromatic N) is 9.